The van der Waals surface area contributed by atoms with Gasteiger partial charge in [0, 0.05) is 25.2 Å². The highest BCUT2D eigenvalue weighted by molar-refractivity contribution is 7.98. The van der Waals surface area contributed by atoms with Gasteiger partial charge in [-0.1, -0.05) is 13.0 Å². The second kappa shape index (κ2) is 5.04. The molecule has 2 bridgehead atoms. The first-order chi connectivity index (χ1) is 8.97. The van der Waals surface area contributed by atoms with Crippen LogP contribution in [0.1, 0.15) is 19.8 Å². The molecule has 0 spiro atoms. The Kier molecular flexibility index (Phi) is 3.91. The number of carbonyl (C=O) groups excluding carboxylic acids is 2. The number of aliphatic hydroxyl groups is 1. The lowest BCUT2D eigenvalue weighted by Crippen LogP contribution is -2.65. The summed E-state index contributed by atoms with van der Waals surface area (Å²) in [5.41, 5.74) is -2.69. The van der Waals surface area contributed by atoms with Crippen LogP contribution in [0, 0.1) is 11.8 Å². The van der Waals surface area contributed by atoms with E-state index in [2.05, 4.69) is 0 Å². The number of rotatable bonds is 5. The van der Waals surface area contributed by atoms with Crippen LogP contribution in [0.25, 0.3) is 0 Å². The Morgan fingerprint density at radius 3 is 2.84 bits per heavy atom. The molecule has 4 atom stereocenters. The highest BCUT2D eigenvalue weighted by Crippen LogP contribution is 2.54. The molecule has 1 fully saturated rings. The Hall–Kier alpha value is -0.650. The molecule has 5 heteroatoms. The van der Waals surface area contributed by atoms with Gasteiger partial charge in [0.25, 0.3) is 0 Å². The molecule has 0 heterocycles. The molecule has 106 valence electrons. The molecule has 0 saturated heterocycles. The number of Topliss-reactive ketones (excluding diaryl/α,β-unsaturated/α-hetero) is 1. The van der Waals surface area contributed by atoms with E-state index in [1.165, 1.54) is 24.9 Å². The van der Waals surface area contributed by atoms with Crippen molar-refractivity contribution in [2.75, 3.05) is 19.1 Å². The van der Waals surface area contributed by atoms with E-state index in [9.17, 15) is 14.7 Å². The van der Waals surface area contributed by atoms with E-state index in [1.54, 1.807) is 13.0 Å². The van der Waals surface area contributed by atoms with Crippen molar-refractivity contribution >= 4 is 23.3 Å². The zero-order chi connectivity index (χ0) is 14.3. The third kappa shape index (κ3) is 1.75. The van der Waals surface area contributed by atoms with Gasteiger partial charge < -0.3 is 9.84 Å². The van der Waals surface area contributed by atoms with E-state index in [1.807, 2.05) is 6.26 Å². The molecule has 0 unspecified atom stereocenters. The minimum atomic E-state index is -1.71. The maximum atomic E-state index is 12.3. The molecule has 0 aromatic carbocycles. The summed E-state index contributed by atoms with van der Waals surface area (Å²) in [5, 5.41) is 11.0. The first kappa shape index (κ1) is 14.8. The van der Waals surface area contributed by atoms with E-state index in [0.29, 0.717) is 18.6 Å². The second-order valence-electron chi connectivity index (χ2n) is 5.23. The van der Waals surface area contributed by atoms with Crippen LogP contribution < -0.4 is 0 Å². The standard InChI is InChI=1S/C14H20O4S/c1-4-11(15)10-7-9-5-6-12(16)14(10,17)13(9,18-2)8-19-3/h5-6,9-10,17H,4,7-8H2,1-3H3/t9-,10-,13+,14+/m1/s1. The Morgan fingerprint density at radius 1 is 1.63 bits per heavy atom. The van der Waals surface area contributed by atoms with Crippen molar-refractivity contribution in [1.82, 2.24) is 0 Å². The molecular weight excluding hydrogens is 264 g/mol. The first-order valence-corrected chi connectivity index (χ1v) is 7.89. The molecule has 1 saturated carbocycles. The van der Waals surface area contributed by atoms with Crippen LogP contribution in [0.15, 0.2) is 12.2 Å². The predicted octanol–water partition coefficient (Wildman–Crippen LogP) is 1.22. The van der Waals surface area contributed by atoms with Crippen molar-refractivity contribution in [2.24, 2.45) is 11.8 Å². The smallest absolute Gasteiger partial charge is 0.190 e. The molecule has 2 aliphatic carbocycles. The molecule has 4 nitrogen and oxygen atoms in total. The van der Waals surface area contributed by atoms with E-state index in [-0.39, 0.29) is 11.7 Å². The zero-order valence-electron chi connectivity index (χ0n) is 11.5. The third-order valence-corrected chi connectivity index (χ3v) is 5.27. The number of ketones is 2. The first-order valence-electron chi connectivity index (χ1n) is 6.49. The monoisotopic (exact) mass is 284 g/mol. The molecular formula is C14H20O4S. The van der Waals surface area contributed by atoms with Gasteiger partial charge in [-0.05, 0) is 18.8 Å². The Morgan fingerprint density at radius 2 is 2.32 bits per heavy atom. The second-order valence-corrected chi connectivity index (χ2v) is 6.10. The summed E-state index contributed by atoms with van der Waals surface area (Å²) in [6.07, 6.45) is 5.92. The van der Waals surface area contributed by atoms with Gasteiger partial charge in [-0.25, -0.2) is 0 Å². The van der Waals surface area contributed by atoms with Crippen LogP contribution in [0.2, 0.25) is 0 Å². The number of hydrogen-bond donors (Lipinski definition) is 1. The number of fused-ring (bicyclic) bond motifs is 2. The largest absolute Gasteiger partial charge is 0.378 e. The summed E-state index contributed by atoms with van der Waals surface area (Å²) in [7, 11) is 1.51. The van der Waals surface area contributed by atoms with E-state index in [4.69, 9.17) is 4.74 Å². The quantitative estimate of drug-likeness (QED) is 0.822. The summed E-state index contributed by atoms with van der Waals surface area (Å²) in [5.74, 6) is -0.715. The highest BCUT2D eigenvalue weighted by atomic mass is 32.2. The SMILES string of the molecule is CCC(=O)[C@H]1C[C@H]2C=CC(=O)[C@]1(O)[C@@]2(CSC)OC. The molecule has 1 N–H and O–H groups in total. The summed E-state index contributed by atoms with van der Waals surface area (Å²) >= 11 is 1.52. The minimum absolute atomic E-state index is 0.0652. The highest BCUT2D eigenvalue weighted by Gasteiger charge is 2.70. The van der Waals surface area contributed by atoms with E-state index < -0.39 is 22.9 Å². The predicted molar refractivity (Wildman–Crippen MR) is 74.1 cm³/mol. The average molecular weight is 284 g/mol. The van der Waals surface area contributed by atoms with Crippen molar-refractivity contribution in [1.29, 1.82) is 0 Å². The molecule has 2 rings (SSSR count). The van der Waals surface area contributed by atoms with Gasteiger partial charge in [0.15, 0.2) is 11.4 Å². The fourth-order valence-electron chi connectivity index (χ4n) is 3.55. The van der Waals surface area contributed by atoms with E-state index >= 15 is 0 Å². The maximum Gasteiger partial charge on any atom is 0.190 e. The van der Waals surface area contributed by atoms with Crippen molar-refractivity contribution in [2.45, 2.75) is 31.0 Å². The molecule has 2 aliphatic rings. The lowest BCUT2D eigenvalue weighted by molar-refractivity contribution is -0.181. The number of hydrogen-bond acceptors (Lipinski definition) is 5. The van der Waals surface area contributed by atoms with Crippen LogP contribution in [0.4, 0.5) is 0 Å². The average Bonchev–Trinajstić information content (AvgIpc) is 2.57. The van der Waals surface area contributed by atoms with Gasteiger partial charge in [0.1, 0.15) is 11.4 Å². The summed E-state index contributed by atoms with van der Waals surface area (Å²) in [4.78, 5) is 24.4. The Bertz CT molecular complexity index is 433. The summed E-state index contributed by atoms with van der Waals surface area (Å²) in [6.45, 7) is 1.76. The van der Waals surface area contributed by atoms with E-state index in [0.717, 1.165) is 0 Å². The fraction of sp³-hybridized carbons (Fsp3) is 0.714. The normalized spacial score (nSPS) is 40.7. The van der Waals surface area contributed by atoms with Gasteiger partial charge in [-0.15, -0.1) is 0 Å². The zero-order valence-corrected chi connectivity index (χ0v) is 12.3. The van der Waals surface area contributed by atoms with Gasteiger partial charge >= 0.3 is 0 Å². The number of ether oxygens (including phenoxy) is 1. The number of methoxy groups -OCH3 is 1. The Balaban J connectivity index is 2.55. The Labute approximate surface area is 117 Å². The molecule has 0 aliphatic heterocycles. The van der Waals surface area contributed by atoms with Crippen molar-refractivity contribution in [3.05, 3.63) is 12.2 Å². The molecule has 0 aromatic rings. The van der Waals surface area contributed by atoms with Crippen molar-refractivity contribution in [3.63, 3.8) is 0 Å². The molecule has 0 aromatic heterocycles. The van der Waals surface area contributed by atoms with Crippen molar-refractivity contribution in [3.8, 4) is 0 Å². The lowest BCUT2D eigenvalue weighted by Gasteiger charge is -2.45. The third-order valence-electron chi connectivity index (χ3n) is 4.55. The lowest BCUT2D eigenvalue weighted by atomic mass is 9.71. The van der Waals surface area contributed by atoms with Gasteiger partial charge in [0.2, 0.25) is 0 Å². The summed E-state index contributed by atoms with van der Waals surface area (Å²) < 4.78 is 5.61. The van der Waals surface area contributed by atoms with Crippen LogP contribution in [0.5, 0.6) is 0 Å². The summed E-state index contributed by atoms with van der Waals surface area (Å²) in [6, 6.07) is 0. The van der Waals surface area contributed by atoms with Crippen molar-refractivity contribution < 1.29 is 19.4 Å². The minimum Gasteiger partial charge on any atom is -0.378 e. The number of carbonyl (C=O) groups is 2. The molecule has 0 amide bonds. The molecule has 19 heavy (non-hydrogen) atoms. The van der Waals surface area contributed by atoms with Crippen LogP contribution in [-0.2, 0) is 14.3 Å². The van der Waals surface area contributed by atoms with Crippen LogP contribution >= 0.6 is 11.8 Å². The fourth-order valence-corrected chi connectivity index (χ4v) is 4.53. The van der Waals surface area contributed by atoms with Gasteiger partial charge in [-0.2, -0.15) is 11.8 Å². The number of thioether (sulfide) groups is 1. The maximum absolute atomic E-state index is 12.3. The molecule has 0 radical (unpaired) electrons. The topological polar surface area (TPSA) is 63.6 Å². The van der Waals surface area contributed by atoms with Crippen LogP contribution in [0.3, 0.4) is 0 Å². The van der Waals surface area contributed by atoms with Gasteiger partial charge in [-0.3, -0.25) is 9.59 Å². The van der Waals surface area contributed by atoms with Crippen LogP contribution in [-0.4, -0.2) is 47.0 Å². The van der Waals surface area contributed by atoms with Gasteiger partial charge in [0.05, 0.1) is 5.92 Å².